The Bertz CT molecular complexity index is 4240. The number of nitrogens with zero attached hydrogens (tertiary/aromatic N) is 3. The van der Waals surface area contributed by atoms with Gasteiger partial charge in [-0.3, -0.25) is 13.7 Å². The topological polar surface area (TPSA) is 310 Å². The van der Waals surface area contributed by atoms with E-state index in [2.05, 4.69) is 15.0 Å². The maximum atomic E-state index is 14.9. The van der Waals surface area contributed by atoms with Crippen LogP contribution >= 0.6 is 56.9 Å². The van der Waals surface area contributed by atoms with Crippen molar-refractivity contribution in [2.45, 2.75) is 28.2 Å². The summed E-state index contributed by atoms with van der Waals surface area (Å²) < 4.78 is 103. The Hall–Kier alpha value is -8.73. The molecular formula is C61H49Cl3F3N6O12P3. The lowest BCUT2D eigenvalue weighted by Gasteiger charge is -2.19. The molecule has 3 heterocycles. The van der Waals surface area contributed by atoms with E-state index in [1.54, 1.807) is 57.2 Å². The average Bonchev–Trinajstić information content (AvgIpc) is 1.57. The molecule has 6 N–H and O–H groups in total. The van der Waals surface area contributed by atoms with Crippen molar-refractivity contribution >= 4 is 158 Å². The molecule has 27 heteroatoms. The molecule has 0 saturated heterocycles. The number of rotatable bonds is 15. The molecule has 3 unspecified atom stereocenters. The van der Waals surface area contributed by atoms with Crippen LogP contribution in [0, 0.1) is 72.2 Å². The number of aryl methyl sites for hydroxylation is 3. The molecule has 452 valence electrons. The van der Waals surface area contributed by atoms with Crippen molar-refractivity contribution in [2.24, 2.45) is 0 Å². The van der Waals surface area contributed by atoms with Gasteiger partial charge in [0.25, 0.3) is 22.1 Å². The summed E-state index contributed by atoms with van der Waals surface area (Å²) in [5.74, 6) is -6.92. The van der Waals surface area contributed by atoms with Gasteiger partial charge in [0, 0.05) is 72.0 Å². The van der Waals surface area contributed by atoms with E-state index >= 15 is 0 Å². The van der Waals surface area contributed by atoms with E-state index in [4.69, 9.17) is 64.2 Å². The normalized spacial score (nSPS) is 13.3. The molecular weight excluding hydrogens is 1260 g/mol. The van der Waals surface area contributed by atoms with Crippen molar-refractivity contribution < 1.29 is 70.1 Å². The Kier molecular flexibility index (Phi) is 21.7. The van der Waals surface area contributed by atoms with Gasteiger partial charge in [-0.25, -0.2) is 27.6 Å². The predicted octanol–water partition coefficient (Wildman–Crippen LogP) is 13.8. The van der Waals surface area contributed by atoms with Gasteiger partial charge < -0.3 is 43.8 Å². The van der Waals surface area contributed by atoms with Gasteiger partial charge >= 0.3 is 17.9 Å². The molecule has 0 aliphatic carbocycles. The number of benzene rings is 6. The molecule has 3 aromatic heterocycles. The molecule has 0 amide bonds. The number of carboxylic acids is 3. The van der Waals surface area contributed by atoms with Crippen molar-refractivity contribution in [1.82, 2.24) is 15.0 Å². The first-order chi connectivity index (χ1) is 41.2. The minimum atomic E-state index is -4.05. The number of hydrogen-bond acceptors (Lipinski definition) is 12. The molecule has 0 fully saturated rings. The van der Waals surface area contributed by atoms with Crippen LogP contribution in [0.15, 0.2) is 109 Å². The molecule has 3 atom stereocenters. The van der Waals surface area contributed by atoms with Gasteiger partial charge in [-0.15, -0.1) is 0 Å². The average molecular weight is 1310 g/mol. The van der Waals surface area contributed by atoms with Crippen LogP contribution in [0.4, 0.5) is 13.2 Å². The summed E-state index contributed by atoms with van der Waals surface area (Å²) in [6.45, 7) is 5.24. The van der Waals surface area contributed by atoms with Crippen LogP contribution in [-0.2, 0) is 27.3 Å². The van der Waals surface area contributed by atoms with Crippen molar-refractivity contribution in [1.29, 1.82) is 15.8 Å². The lowest BCUT2D eigenvalue weighted by atomic mass is 10.1. The third-order valence-corrected chi connectivity index (χ3v) is 21.4. The van der Waals surface area contributed by atoms with E-state index in [9.17, 15) is 56.6 Å². The highest BCUT2D eigenvalue weighted by atomic mass is 35.5. The van der Waals surface area contributed by atoms with Crippen molar-refractivity contribution in [3.05, 3.63) is 192 Å². The van der Waals surface area contributed by atoms with Gasteiger partial charge in [-0.2, -0.15) is 15.8 Å². The number of aromatic nitrogens is 3. The number of allylic oxidation sites excluding steroid dienone is 3. The Morgan fingerprint density at radius 3 is 0.909 bits per heavy atom. The number of carbonyl (C=O) groups is 3. The molecule has 0 spiro atoms. The van der Waals surface area contributed by atoms with Gasteiger partial charge in [0.1, 0.15) is 17.1 Å². The second-order valence-corrected chi connectivity index (χ2v) is 27.2. The predicted molar refractivity (Wildman–Crippen MR) is 337 cm³/mol. The van der Waals surface area contributed by atoms with Gasteiger partial charge in [-0.05, 0) is 145 Å². The number of aromatic carboxylic acids is 3. The van der Waals surface area contributed by atoms with E-state index in [0.717, 1.165) is 0 Å². The zero-order valence-corrected chi connectivity index (χ0v) is 51.0. The van der Waals surface area contributed by atoms with Crippen molar-refractivity contribution in [3.8, 4) is 18.2 Å². The molecule has 9 rings (SSSR count). The molecule has 6 aromatic carbocycles. The number of hydrogen-bond donors (Lipinski definition) is 6. The second-order valence-electron chi connectivity index (χ2n) is 18.7. The zero-order valence-electron chi connectivity index (χ0n) is 46.1. The van der Waals surface area contributed by atoms with Gasteiger partial charge in [0.15, 0.2) is 17.5 Å². The van der Waals surface area contributed by atoms with E-state index in [1.165, 1.54) is 112 Å². The summed E-state index contributed by atoms with van der Waals surface area (Å²) in [6.07, 6.45) is 8.31. The third kappa shape index (κ3) is 13.4. The Morgan fingerprint density at radius 2 is 0.705 bits per heavy atom. The van der Waals surface area contributed by atoms with Crippen LogP contribution in [-0.4, -0.2) is 69.5 Å². The van der Waals surface area contributed by atoms with E-state index in [-0.39, 0.29) is 87.0 Å². The van der Waals surface area contributed by atoms with E-state index in [1.807, 2.05) is 18.2 Å². The number of nitrogens with one attached hydrogen (secondary N) is 3. The molecule has 9 aromatic rings. The van der Waals surface area contributed by atoms with Crippen LogP contribution < -0.4 is 31.8 Å². The minimum absolute atomic E-state index is 0. The smallest absolute Gasteiger partial charge is 0.353 e. The number of aromatic amines is 3. The number of carboxylic acid groups (broad SMARTS) is 3. The highest BCUT2D eigenvalue weighted by Crippen LogP contribution is 2.51. The standard InChI is InChI=1S/3C20H15ClFN2O4P.CH4/c3*1-11-8-12(4-3-7-23)10-13(9-11)29(27,28-2)19-16-15(24-18(19)20(25)26)6-5-14(21)17(16)22;/h3*3-6,8-10,24H,1-2H3,(H,25,26);1H4/b3*4-3+;. The quantitative estimate of drug-likeness (QED) is 0.0410. The molecule has 0 radical (unpaired) electrons. The summed E-state index contributed by atoms with van der Waals surface area (Å²) in [5, 5.41) is 53.5. The number of fused-ring (bicyclic) bond motifs is 3. The summed E-state index contributed by atoms with van der Waals surface area (Å²) >= 11 is 17.7. The SMILES string of the molecule is C.COP(=O)(c1cc(C)cc(/C=C/C#N)c1)c1c(C(=O)O)[nH]c2ccc(Cl)c(F)c12.COP(=O)(c1cc(C)cc(/C=C/C#N)c1)c1c(C(=O)O)[nH]c2ccc(Cl)c(F)c12.COP(=O)(c1cc(C)cc(/C=C/C#N)c1)c1c(C(=O)O)[nH]c2ccc(Cl)c(F)c12. The first kappa shape index (κ1) is 68.4. The Labute approximate surface area is 515 Å². The van der Waals surface area contributed by atoms with Gasteiger partial charge in [-0.1, -0.05) is 60.4 Å². The summed E-state index contributed by atoms with van der Waals surface area (Å²) in [4.78, 5) is 43.3. The number of halogens is 6. The first-order valence-corrected chi connectivity index (χ1v) is 30.9. The lowest BCUT2D eigenvalue weighted by Crippen LogP contribution is -2.23. The minimum Gasteiger partial charge on any atom is -0.477 e. The number of nitriles is 3. The van der Waals surface area contributed by atoms with Crippen LogP contribution in [0.2, 0.25) is 15.1 Å². The Morgan fingerprint density at radius 1 is 0.466 bits per heavy atom. The molecule has 0 saturated carbocycles. The summed E-state index contributed by atoms with van der Waals surface area (Å²) in [5.41, 5.74) is 2.87. The van der Waals surface area contributed by atoms with Crippen molar-refractivity contribution in [3.63, 3.8) is 0 Å². The van der Waals surface area contributed by atoms with Gasteiger partial charge in [0.05, 0.1) is 65.3 Å². The zero-order chi connectivity index (χ0) is 64.0. The van der Waals surface area contributed by atoms with Crippen LogP contribution in [0.1, 0.15) is 72.3 Å². The number of H-pyrrole nitrogens is 3. The van der Waals surface area contributed by atoms with E-state index < -0.39 is 74.5 Å². The maximum Gasteiger partial charge on any atom is 0.353 e. The fourth-order valence-electron chi connectivity index (χ4n) is 9.52. The fourth-order valence-corrected chi connectivity index (χ4v) is 16.9. The monoisotopic (exact) mass is 1310 g/mol. The third-order valence-electron chi connectivity index (χ3n) is 13.1. The molecule has 18 nitrogen and oxygen atoms in total. The maximum absolute atomic E-state index is 14.9. The lowest BCUT2D eigenvalue weighted by molar-refractivity contribution is 0.0682. The van der Waals surface area contributed by atoms with E-state index in [0.29, 0.717) is 33.4 Å². The molecule has 0 bridgehead atoms. The van der Waals surface area contributed by atoms with Crippen molar-refractivity contribution in [2.75, 3.05) is 21.3 Å². The first-order valence-electron chi connectivity index (χ1n) is 24.9. The van der Waals surface area contributed by atoms with Gasteiger partial charge in [0.2, 0.25) is 0 Å². The molecule has 88 heavy (non-hydrogen) atoms. The Balaban J connectivity index is 0.000000209. The van der Waals surface area contributed by atoms with Crippen LogP contribution in [0.25, 0.3) is 50.9 Å². The molecule has 0 aliphatic heterocycles. The second kappa shape index (κ2) is 28.0. The molecule has 0 aliphatic rings. The fraction of sp³-hybridized carbons (Fsp3) is 0.115. The largest absolute Gasteiger partial charge is 0.477 e. The van der Waals surface area contributed by atoms with Crippen LogP contribution in [0.5, 0.6) is 0 Å². The highest BCUT2D eigenvalue weighted by molar-refractivity contribution is 7.75. The summed E-state index contributed by atoms with van der Waals surface area (Å²) in [7, 11) is -8.66. The summed E-state index contributed by atoms with van der Waals surface area (Å²) in [6, 6.07) is 28.2. The highest BCUT2D eigenvalue weighted by Gasteiger charge is 2.41. The van der Waals surface area contributed by atoms with Crippen LogP contribution in [0.3, 0.4) is 0 Å².